The Labute approximate surface area is 116 Å². The number of hydrogen-bond donors (Lipinski definition) is 1. The number of nitrogens with one attached hydrogen (secondary N) is 1. The molecule has 1 atom stereocenters. The van der Waals surface area contributed by atoms with Crippen LogP contribution in [-0.2, 0) is 13.6 Å². The molecule has 0 spiro atoms. The number of benzene rings is 1. The number of halogens is 2. The van der Waals surface area contributed by atoms with Crippen LogP contribution in [0.2, 0.25) is 0 Å². The van der Waals surface area contributed by atoms with Gasteiger partial charge in [-0.3, -0.25) is 0 Å². The van der Waals surface area contributed by atoms with Gasteiger partial charge in [-0.05, 0) is 36.8 Å². The highest BCUT2D eigenvalue weighted by Crippen LogP contribution is 2.18. The molecule has 2 rings (SSSR count). The Morgan fingerprint density at radius 1 is 1.35 bits per heavy atom. The van der Waals surface area contributed by atoms with Crippen molar-refractivity contribution in [3.05, 3.63) is 58.9 Å². The van der Waals surface area contributed by atoms with Crippen molar-refractivity contribution >= 4 is 0 Å². The third kappa shape index (κ3) is 3.03. The molecule has 0 bridgehead atoms. The second-order valence-electron chi connectivity index (χ2n) is 4.72. The number of rotatable bonds is 4. The summed E-state index contributed by atoms with van der Waals surface area (Å²) in [6.07, 6.45) is 1.83. The van der Waals surface area contributed by atoms with Gasteiger partial charge in [0.2, 0.25) is 0 Å². The monoisotopic (exact) mass is 275 g/mol. The van der Waals surface area contributed by atoms with Gasteiger partial charge in [0.25, 0.3) is 0 Å². The molecule has 0 amide bonds. The van der Waals surface area contributed by atoms with Crippen LogP contribution < -0.4 is 5.32 Å². The van der Waals surface area contributed by atoms with E-state index < -0.39 is 11.6 Å². The summed E-state index contributed by atoms with van der Waals surface area (Å²) in [6, 6.07) is 6.94. The summed E-state index contributed by atoms with van der Waals surface area (Å²) in [6.45, 7) is 2.25. The van der Waals surface area contributed by atoms with Crippen molar-refractivity contribution in [2.45, 2.75) is 19.5 Å². The summed E-state index contributed by atoms with van der Waals surface area (Å²) in [7, 11) is 1.79. The Kier molecular flexibility index (Phi) is 4.16. The van der Waals surface area contributed by atoms with Crippen LogP contribution >= 0.6 is 0 Å². The molecule has 1 N–H and O–H groups in total. The molecule has 3 nitrogen and oxygen atoms in total. The summed E-state index contributed by atoms with van der Waals surface area (Å²) in [5.74, 6) is -0.890. The van der Waals surface area contributed by atoms with E-state index in [9.17, 15) is 8.78 Å². The fourth-order valence-corrected chi connectivity index (χ4v) is 2.07. The molecule has 2 aromatic rings. The summed E-state index contributed by atoms with van der Waals surface area (Å²) in [4.78, 5) is 0. The number of hydrogen-bond acceptors (Lipinski definition) is 2. The Morgan fingerprint density at radius 3 is 2.75 bits per heavy atom. The van der Waals surface area contributed by atoms with Gasteiger partial charge < -0.3 is 9.88 Å². The molecule has 5 heteroatoms. The van der Waals surface area contributed by atoms with Crippen molar-refractivity contribution in [3.8, 4) is 6.07 Å². The second kappa shape index (κ2) is 5.85. The maximum absolute atomic E-state index is 13.6. The van der Waals surface area contributed by atoms with E-state index in [1.165, 1.54) is 6.07 Å². The minimum atomic E-state index is -0.457. The molecule has 1 aromatic heterocycles. The minimum Gasteiger partial charge on any atom is -0.342 e. The van der Waals surface area contributed by atoms with Crippen molar-refractivity contribution < 1.29 is 8.78 Å². The van der Waals surface area contributed by atoms with E-state index in [1.54, 1.807) is 24.6 Å². The van der Waals surface area contributed by atoms with E-state index in [0.717, 1.165) is 17.7 Å². The van der Waals surface area contributed by atoms with Crippen LogP contribution in [0.1, 0.15) is 29.8 Å². The highest BCUT2D eigenvalue weighted by molar-refractivity contribution is 5.28. The van der Waals surface area contributed by atoms with Crippen LogP contribution in [0.5, 0.6) is 0 Å². The maximum atomic E-state index is 13.6. The van der Waals surface area contributed by atoms with Crippen LogP contribution in [0.25, 0.3) is 0 Å². The first-order valence-corrected chi connectivity index (χ1v) is 6.25. The van der Waals surface area contributed by atoms with Crippen LogP contribution in [-0.4, -0.2) is 4.57 Å². The lowest BCUT2D eigenvalue weighted by atomic mass is 10.1. The van der Waals surface area contributed by atoms with Crippen LogP contribution in [0.15, 0.2) is 30.5 Å². The molecule has 0 saturated carbocycles. The Morgan fingerprint density at radius 2 is 2.10 bits per heavy atom. The number of nitriles is 1. The summed E-state index contributed by atoms with van der Waals surface area (Å²) in [5.41, 5.74) is 1.78. The summed E-state index contributed by atoms with van der Waals surface area (Å²) < 4.78 is 28.5. The first-order chi connectivity index (χ1) is 9.51. The molecule has 20 heavy (non-hydrogen) atoms. The zero-order chi connectivity index (χ0) is 14.7. The predicted octanol–water partition coefficient (Wildman–Crippen LogP) is 3.03. The van der Waals surface area contributed by atoms with E-state index in [2.05, 4.69) is 11.4 Å². The molecule has 1 unspecified atom stereocenters. The molecule has 0 aliphatic carbocycles. The molecule has 104 valence electrons. The largest absolute Gasteiger partial charge is 0.342 e. The lowest BCUT2D eigenvalue weighted by Gasteiger charge is -2.14. The van der Waals surface area contributed by atoms with Gasteiger partial charge in [-0.1, -0.05) is 0 Å². The molecule has 0 fully saturated rings. The SMILES string of the molecule is CC(NCc1cc(C#N)n(C)c1)c1cc(F)ccc1F. The first kappa shape index (κ1) is 14.2. The smallest absolute Gasteiger partial charge is 0.128 e. The lowest BCUT2D eigenvalue weighted by molar-refractivity contribution is 0.518. The Hall–Kier alpha value is -2.19. The molecule has 0 radical (unpaired) electrons. The zero-order valence-electron chi connectivity index (χ0n) is 11.3. The summed E-state index contributed by atoms with van der Waals surface area (Å²) in [5, 5.41) is 12.0. The molecule has 0 aliphatic rings. The third-order valence-electron chi connectivity index (χ3n) is 3.21. The van der Waals surface area contributed by atoms with E-state index in [-0.39, 0.29) is 6.04 Å². The fraction of sp³-hybridized carbons (Fsp3) is 0.267. The van der Waals surface area contributed by atoms with Crippen LogP contribution in [0, 0.1) is 23.0 Å². The van der Waals surface area contributed by atoms with E-state index in [0.29, 0.717) is 17.8 Å². The average Bonchev–Trinajstić information content (AvgIpc) is 2.79. The van der Waals surface area contributed by atoms with Crippen LogP contribution in [0.4, 0.5) is 8.78 Å². The number of aryl methyl sites for hydroxylation is 1. The Balaban J connectivity index is 2.06. The molecule has 0 saturated heterocycles. The van der Waals surface area contributed by atoms with Crippen molar-refractivity contribution in [3.63, 3.8) is 0 Å². The highest BCUT2D eigenvalue weighted by atomic mass is 19.1. The fourth-order valence-electron chi connectivity index (χ4n) is 2.07. The third-order valence-corrected chi connectivity index (χ3v) is 3.21. The van der Waals surface area contributed by atoms with E-state index >= 15 is 0 Å². The van der Waals surface area contributed by atoms with Gasteiger partial charge in [-0.2, -0.15) is 5.26 Å². The van der Waals surface area contributed by atoms with Gasteiger partial charge in [0.15, 0.2) is 0 Å². The van der Waals surface area contributed by atoms with E-state index in [4.69, 9.17) is 5.26 Å². The highest BCUT2D eigenvalue weighted by Gasteiger charge is 2.12. The molecular formula is C15H15F2N3. The molecule has 1 aromatic carbocycles. The van der Waals surface area contributed by atoms with E-state index in [1.807, 2.05) is 6.20 Å². The standard InChI is InChI=1S/C15H15F2N3/c1-10(14-6-12(16)3-4-15(14)17)19-8-11-5-13(7-18)20(2)9-11/h3-6,9-10,19H,8H2,1-2H3. The Bertz CT molecular complexity index is 656. The second-order valence-corrected chi connectivity index (χ2v) is 4.72. The van der Waals surface area contributed by atoms with Gasteiger partial charge in [0.1, 0.15) is 23.4 Å². The lowest BCUT2D eigenvalue weighted by Crippen LogP contribution is -2.19. The molecular weight excluding hydrogens is 260 g/mol. The van der Waals surface area contributed by atoms with Gasteiger partial charge in [0, 0.05) is 31.4 Å². The van der Waals surface area contributed by atoms with Crippen LogP contribution in [0.3, 0.4) is 0 Å². The van der Waals surface area contributed by atoms with Gasteiger partial charge in [-0.25, -0.2) is 8.78 Å². The van der Waals surface area contributed by atoms with Gasteiger partial charge in [0.05, 0.1) is 0 Å². The van der Waals surface area contributed by atoms with Crippen molar-refractivity contribution in [1.82, 2.24) is 9.88 Å². The molecule has 0 aliphatic heterocycles. The van der Waals surface area contributed by atoms with Gasteiger partial charge in [-0.15, -0.1) is 0 Å². The van der Waals surface area contributed by atoms with Crippen molar-refractivity contribution in [2.24, 2.45) is 7.05 Å². The first-order valence-electron chi connectivity index (χ1n) is 6.25. The maximum Gasteiger partial charge on any atom is 0.128 e. The average molecular weight is 275 g/mol. The quantitative estimate of drug-likeness (QED) is 0.931. The van der Waals surface area contributed by atoms with Crippen molar-refractivity contribution in [1.29, 1.82) is 5.26 Å². The van der Waals surface area contributed by atoms with Gasteiger partial charge >= 0.3 is 0 Å². The summed E-state index contributed by atoms with van der Waals surface area (Å²) >= 11 is 0. The topological polar surface area (TPSA) is 40.8 Å². The normalized spacial score (nSPS) is 12.2. The predicted molar refractivity (Wildman–Crippen MR) is 71.7 cm³/mol. The minimum absolute atomic E-state index is 0.293. The number of aromatic nitrogens is 1. The molecule has 1 heterocycles. The van der Waals surface area contributed by atoms with Crippen molar-refractivity contribution in [2.75, 3.05) is 0 Å². The zero-order valence-corrected chi connectivity index (χ0v) is 11.3. The number of nitrogens with zero attached hydrogens (tertiary/aromatic N) is 2.